The van der Waals surface area contributed by atoms with E-state index in [0.717, 1.165) is 66.1 Å². The van der Waals surface area contributed by atoms with Crippen LogP contribution in [0.1, 0.15) is 44.5 Å². The van der Waals surface area contributed by atoms with E-state index in [-0.39, 0.29) is 11.6 Å². The smallest absolute Gasteiger partial charge is 0.147 e. The van der Waals surface area contributed by atoms with Crippen molar-refractivity contribution in [3.8, 4) is 0 Å². The fourth-order valence-electron chi connectivity index (χ4n) is 12.5. The second kappa shape index (κ2) is 11.1. The molecule has 276 valence electrons. The molecule has 1 saturated carbocycles. The number of hydrogen-bond donors (Lipinski definition) is 0. The van der Waals surface area contributed by atoms with Gasteiger partial charge in [-0.2, -0.15) is 0 Å². The summed E-state index contributed by atoms with van der Waals surface area (Å²) in [5.41, 5.74) is 2.31. The molecule has 8 aromatic rings. The molecule has 0 aromatic heterocycles. The van der Waals surface area contributed by atoms with E-state index >= 15 is 9.59 Å². The monoisotopic (exact) mass is 748 g/mol. The van der Waals surface area contributed by atoms with Crippen LogP contribution in [0.15, 0.2) is 194 Å². The zero-order valence-electron chi connectivity index (χ0n) is 31.4. The van der Waals surface area contributed by atoms with Gasteiger partial charge in [0.25, 0.3) is 0 Å². The van der Waals surface area contributed by atoms with Crippen LogP contribution in [0.3, 0.4) is 0 Å². The van der Waals surface area contributed by atoms with Crippen LogP contribution in [-0.2, 0) is 41.5 Å². The molecule has 5 aliphatic rings. The first-order valence-corrected chi connectivity index (χ1v) is 20.3. The Morgan fingerprint density at radius 2 is 0.500 bits per heavy atom. The third kappa shape index (κ3) is 3.62. The molecule has 0 N–H and O–H groups in total. The molecule has 8 atom stereocenters. The summed E-state index contributed by atoms with van der Waals surface area (Å²) in [5, 5.41) is 4.25. The van der Waals surface area contributed by atoms with E-state index in [1.165, 1.54) is 0 Å². The molecule has 4 heterocycles. The molecule has 13 rings (SSSR count). The summed E-state index contributed by atoms with van der Waals surface area (Å²) in [6, 6.07) is 66.2. The lowest BCUT2D eigenvalue weighted by Crippen LogP contribution is -2.62. The minimum absolute atomic E-state index is 0.00976. The van der Waals surface area contributed by atoms with Gasteiger partial charge in [-0.25, -0.2) is 0 Å². The second-order valence-corrected chi connectivity index (χ2v) is 16.8. The Balaban J connectivity index is 1.17. The number of ether oxygens (including phenoxy) is 2. The Morgan fingerprint density at radius 1 is 0.293 bits per heavy atom. The molecule has 4 nitrogen and oxygen atoms in total. The summed E-state index contributed by atoms with van der Waals surface area (Å²) in [7, 11) is 0. The Labute approximate surface area is 335 Å². The number of rotatable bonds is 4. The third-order valence-electron chi connectivity index (χ3n) is 14.5. The molecule has 8 aromatic carbocycles. The zero-order chi connectivity index (χ0) is 38.4. The van der Waals surface area contributed by atoms with E-state index < -0.39 is 46.1 Å². The average Bonchev–Trinajstić information content (AvgIpc) is 3.99. The van der Waals surface area contributed by atoms with Crippen molar-refractivity contribution < 1.29 is 19.1 Å². The summed E-state index contributed by atoms with van der Waals surface area (Å²) >= 11 is 0. The van der Waals surface area contributed by atoms with Crippen molar-refractivity contribution in [2.75, 3.05) is 0 Å². The highest BCUT2D eigenvalue weighted by atomic mass is 16.5. The second-order valence-electron chi connectivity index (χ2n) is 16.8. The van der Waals surface area contributed by atoms with E-state index in [1.807, 2.05) is 97.1 Å². The van der Waals surface area contributed by atoms with Crippen LogP contribution in [-0.4, -0.2) is 11.6 Å². The molecule has 4 heteroatoms. The number of ketones is 2. The van der Waals surface area contributed by atoms with Crippen LogP contribution < -0.4 is 0 Å². The lowest BCUT2D eigenvalue weighted by atomic mass is 9.46. The van der Waals surface area contributed by atoms with Gasteiger partial charge in [-0.15, -0.1) is 0 Å². The van der Waals surface area contributed by atoms with E-state index in [0.29, 0.717) is 0 Å². The highest BCUT2D eigenvalue weighted by molar-refractivity contribution is 6.07. The Bertz CT molecular complexity index is 2630. The normalized spacial score (nSPS) is 31.0. The van der Waals surface area contributed by atoms with Crippen molar-refractivity contribution in [2.45, 2.75) is 22.4 Å². The number of hydrogen-bond acceptors (Lipinski definition) is 4. The number of benzene rings is 8. The van der Waals surface area contributed by atoms with Gasteiger partial charge in [0.05, 0.1) is 23.7 Å². The predicted octanol–water partition coefficient (Wildman–Crippen LogP) is 10.4. The maximum absolute atomic E-state index is 16.8. The van der Waals surface area contributed by atoms with E-state index in [1.54, 1.807) is 0 Å². The fourth-order valence-corrected chi connectivity index (χ4v) is 12.5. The number of carbonyl (C=O) groups is 2. The number of carbonyl (C=O) groups excluding carboxylic acids is 2. The Kier molecular flexibility index (Phi) is 6.26. The molecule has 0 amide bonds. The van der Waals surface area contributed by atoms with Crippen LogP contribution in [0, 0.1) is 23.7 Å². The van der Waals surface area contributed by atoms with Crippen LogP contribution in [0.5, 0.6) is 0 Å². The topological polar surface area (TPSA) is 52.6 Å². The van der Waals surface area contributed by atoms with Crippen LogP contribution in [0.4, 0.5) is 0 Å². The van der Waals surface area contributed by atoms with E-state index in [9.17, 15) is 0 Å². The van der Waals surface area contributed by atoms with Gasteiger partial charge >= 0.3 is 0 Å². The number of Topliss-reactive ketones (excluding diaryl/α,β-unsaturated/α-hetero) is 2. The van der Waals surface area contributed by atoms with Crippen molar-refractivity contribution in [1.29, 1.82) is 0 Å². The molecule has 0 spiro atoms. The summed E-state index contributed by atoms with van der Waals surface area (Å²) in [6.45, 7) is 0. The van der Waals surface area contributed by atoms with Gasteiger partial charge in [0.15, 0.2) is 0 Å². The maximum atomic E-state index is 16.8. The van der Waals surface area contributed by atoms with Gasteiger partial charge in [0, 0.05) is 0 Å². The van der Waals surface area contributed by atoms with Crippen LogP contribution in [0.25, 0.3) is 21.5 Å². The summed E-state index contributed by atoms with van der Waals surface area (Å²) < 4.78 is 15.7. The third-order valence-corrected chi connectivity index (χ3v) is 14.5. The average molecular weight is 749 g/mol. The van der Waals surface area contributed by atoms with E-state index in [2.05, 4.69) is 97.1 Å². The molecule has 1 aliphatic carbocycles. The molecule has 3 fully saturated rings. The largest absolute Gasteiger partial charge is 0.348 e. The van der Waals surface area contributed by atoms with Gasteiger partial charge in [0.1, 0.15) is 34.0 Å². The summed E-state index contributed by atoms with van der Waals surface area (Å²) in [4.78, 5) is 33.5. The van der Waals surface area contributed by atoms with Gasteiger partial charge < -0.3 is 9.47 Å². The molecule has 0 radical (unpaired) electrons. The zero-order valence-corrected chi connectivity index (χ0v) is 31.4. The van der Waals surface area contributed by atoms with Crippen molar-refractivity contribution >= 4 is 33.1 Å². The van der Waals surface area contributed by atoms with Crippen molar-refractivity contribution in [2.24, 2.45) is 23.7 Å². The fraction of sp³-hybridized carbons (Fsp3) is 0.148. The standard InChI is InChI=1S/C54H36O4/c55-49-45-46(52(38-23-7-2-8-24-38)42-30-34-18-14-13-17-33(34)29-41(42)51(45,57-52)37-21-5-1-6-22-37)50(56)48-47(49)53(39-25-9-3-10-26-39)43-31-35-19-15-16-20-36(35)32-44(43)54(48,58-53)40-27-11-4-12-28-40/h1-32,45-48H/t45-,46+,47-,48+,51-,52+,53+,54-. The minimum Gasteiger partial charge on any atom is -0.348 e. The van der Waals surface area contributed by atoms with Crippen molar-refractivity contribution in [3.05, 3.63) is 239 Å². The van der Waals surface area contributed by atoms with Crippen molar-refractivity contribution in [3.63, 3.8) is 0 Å². The number of fused-ring (bicyclic) bond motifs is 18. The lowest BCUT2D eigenvalue weighted by molar-refractivity contribution is -0.151. The first-order valence-electron chi connectivity index (χ1n) is 20.3. The highest BCUT2D eigenvalue weighted by Gasteiger charge is 2.84. The first-order chi connectivity index (χ1) is 28.5. The Hall–Kier alpha value is -6.46. The molecule has 2 saturated heterocycles. The van der Waals surface area contributed by atoms with Gasteiger partial charge in [-0.3, -0.25) is 9.59 Å². The van der Waals surface area contributed by atoms with Crippen molar-refractivity contribution in [1.82, 2.24) is 0 Å². The Morgan fingerprint density at radius 3 is 0.724 bits per heavy atom. The lowest BCUT2D eigenvalue weighted by Gasteiger charge is -2.50. The molecule has 4 bridgehead atoms. The van der Waals surface area contributed by atoms with Crippen LogP contribution >= 0.6 is 0 Å². The SMILES string of the molecule is O=C1[C@@H]2[C@H](C(=O)[C@H]3[C@@H]1[C@]1(c4ccccc4)O[C@@]3(c3ccccc3)c3cc4ccccc4cc31)[C@]1(c3ccccc3)O[C@@]2(c2ccccc2)c2cc3ccccc3cc21. The molecule has 4 aliphatic heterocycles. The van der Waals surface area contributed by atoms with E-state index in [4.69, 9.17) is 9.47 Å². The van der Waals surface area contributed by atoms with Gasteiger partial charge in [-0.05, 0) is 90.3 Å². The molecule has 0 unspecified atom stereocenters. The van der Waals surface area contributed by atoms with Gasteiger partial charge in [-0.1, -0.05) is 170 Å². The first kappa shape index (κ1) is 32.6. The molecule has 58 heavy (non-hydrogen) atoms. The summed E-state index contributed by atoms with van der Waals surface area (Å²) in [5.74, 6) is -3.32. The maximum Gasteiger partial charge on any atom is 0.147 e. The summed E-state index contributed by atoms with van der Waals surface area (Å²) in [6.07, 6.45) is 0. The molecular weight excluding hydrogens is 713 g/mol. The quantitative estimate of drug-likeness (QED) is 0.180. The van der Waals surface area contributed by atoms with Crippen LogP contribution in [0.2, 0.25) is 0 Å². The van der Waals surface area contributed by atoms with Gasteiger partial charge in [0.2, 0.25) is 0 Å². The molecular formula is C54H36O4. The predicted molar refractivity (Wildman–Crippen MR) is 223 cm³/mol. The minimum atomic E-state index is -1.25. The highest BCUT2D eigenvalue weighted by Crippen LogP contribution is 2.77.